The van der Waals surface area contributed by atoms with Gasteiger partial charge in [-0.25, -0.2) is 13.6 Å². The van der Waals surface area contributed by atoms with Crippen molar-refractivity contribution in [2.75, 3.05) is 6.54 Å². The number of benzene rings is 1. The van der Waals surface area contributed by atoms with Gasteiger partial charge in [0.25, 0.3) is 5.91 Å². The zero-order valence-electron chi connectivity index (χ0n) is 11.5. The lowest BCUT2D eigenvalue weighted by molar-refractivity contribution is -0.131. The largest absolute Gasteiger partial charge is 0.478 e. The molecule has 1 aromatic carbocycles. The van der Waals surface area contributed by atoms with E-state index in [2.05, 4.69) is 5.32 Å². The number of nitrogens with one attached hydrogen (secondary N) is 1. The van der Waals surface area contributed by atoms with Gasteiger partial charge in [-0.1, -0.05) is 0 Å². The molecule has 114 valence electrons. The lowest BCUT2D eigenvalue weighted by Crippen LogP contribution is -2.36. The first-order valence-electron chi connectivity index (χ1n) is 6.19. The molecule has 1 rings (SSSR count). The van der Waals surface area contributed by atoms with Gasteiger partial charge in [-0.05, 0) is 37.6 Å². The monoisotopic (exact) mass is 299 g/mol. The highest BCUT2D eigenvalue weighted by Crippen LogP contribution is 2.25. The molecule has 0 aliphatic heterocycles. The third kappa shape index (κ3) is 4.87. The van der Waals surface area contributed by atoms with Crippen molar-refractivity contribution in [2.24, 2.45) is 0 Å². The molecular weight excluding hydrogens is 284 g/mol. The molecule has 5 nitrogen and oxygen atoms in total. The second-order valence-corrected chi connectivity index (χ2v) is 4.14. The van der Waals surface area contributed by atoms with Gasteiger partial charge in [-0.2, -0.15) is 0 Å². The summed E-state index contributed by atoms with van der Waals surface area (Å²) < 4.78 is 32.5. The number of aliphatic carboxylic acids is 1. The maximum Gasteiger partial charge on any atom is 0.328 e. The van der Waals surface area contributed by atoms with Gasteiger partial charge in [0.1, 0.15) is 0 Å². The Bertz CT molecular complexity index is 549. The molecule has 0 aromatic heterocycles. The third-order valence-corrected chi connectivity index (χ3v) is 2.45. The van der Waals surface area contributed by atoms with E-state index in [1.807, 2.05) is 0 Å². The quantitative estimate of drug-likeness (QED) is 0.787. The highest BCUT2D eigenvalue weighted by Gasteiger charge is 2.19. The van der Waals surface area contributed by atoms with Crippen molar-refractivity contribution < 1.29 is 28.2 Å². The summed E-state index contributed by atoms with van der Waals surface area (Å²) in [6.07, 6.45) is 0.742. The van der Waals surface area contributed by atoms with Crippen LogP contribution in [0.3, 0.4) is 0 Å². The van der Waals surface area contributed by atoms with Crippen LogP contribution >= 0.6 is 0 Å². The molecule has 0 heterocycles. The fraction of sp³-hybridized carbons (Fsp3) is 0.286. The number of hydrogen-bond acceptors (Lipinski definition) is 3. The first kappa shape index (κ1) is 16.6. The van der Waals surface area contributed by atoms with E-state index in [1.165, 1.54) is 6.92 Å². The van der Waals surface area contributed by atoms with Gasteiger partial charge in [0.05, 0.1) is 0 Å². The Balaban J connectivity index is 2.95. The lowest BCUT2D eigenvalue weighted by atomic mass is 10.2. The molecule has 2 N–H and O–H groups in total. The summed E-state index contributed by atoms with van der Waals surface area (Å²) in [5, 5.41) is 10.9. The summed E-state index contributed by atoms with van der Waals surface area (Å²) in [5.41, 5.74) is 0.0328. The Morgan fingerprint density at radius 3 is 2.43 bits per heavy atom. The predicted octanol–water partition coefficient (Wildman–Crippen LogP) is 1.97. The van der Waals surface area contributed by atoms with Crippen LogP contribution in [0, 0.1) is 11.6 Å². The number of amides is 1. The van der Waals surface area contributed by atoms with Gasteiger partial charge in [0, 0.05) is 12.6 Å². The minimum Gasteiger partial charge on any atom is -0.478 e. The van der Waals surface area contributed by atoms with Crippen LogP contribution in [0.25, 0.3) is 6.08 Å². The van der Waals surface area contributed by atoms with E-state index in [1.54, 1.807) is 6.92 Å². The molecule has 1 atom stereocenters. The third-order valence-electron chi connectivity index (χ3n) is 2.45. The lowest BCUT2D eigenvalue weighted by Gasteiger charge is -2.15. The molecule has 1 unspecified atom stereocenters. The number of ether oxygens (including phenoxy) is 1. The van der Waals surface area contributed by atoms with Gasteiger partial charge in [0.15, 0.2) is 23.5 Å². The number of carboxylic acid groups (broad SMARTS) is 1. The Morgan fingerprint density at radius 2 is 1.95 bits per heavy atom. The Labute approximate surface area is 120 Å². The van der Waals surface area contributed by atoms with E-state index in [0.29, 0.717) is 6.54 Å². The van der Waals surface area contributed by atoms with Crippen molar-refractivity contribution >= 4 is 18.0 Å². The second-order valence-electron chi connectivity index (χ2n) is 4.14. The standard InChI is InChI=1S/C14H15F2NO4/c1-3-17-14(20)8(2)21-13-10(15)6-9(7-11(13)16)4-5-12(18)19/h4-8H,3H2,1-2H3,(H,17,20)(H,18,19). The first-order chi connectivity index (χ1) is 9.85. The van der Waals surface area contributed by atoms with Crippen LogP contribution in [0.15, 0.2) is 18.2 Å². The number of likely N-dealkylation sites (N-methyl/N-ethyl adjacent to an activating group) is 1. The summed E-state index contributed by atoms with van der Waals surface area (Å²) in [6.45, 7) is 3.44. The van der Waals surface area contributed by atoms with Crippen LogP contribution in [0.4, 0.5) is 8.78 Å². The van der Waals surface area contributed by atoms with E-state index < -0.39 is 35.4 Å². The summed E-state index contributed by atoms with van der Waals surface area (Å²) in [5.74, 6) is -4.44. The van der Waals surface area contributed by atoms with Crippen molar-refractivity contribution in [2.45, 2.75) is 20.0 Å². The number of rotatable bonds is 6. The van der Waals surface area contributed by atoms with Crippen molar-refractivity contribution in [3.05, 3.63) is 35.4 Å². The SMILES string of the molecule is CCNC(=O)C(C)Oc1c(F)cc(C=CC(=O)O)cc1F. The van der Waals surface area contributed by atoms with Crippen LogP contribution in [0.2, 0.25) is 0 Å². The average Bonchev–Trinajstić information content (AvgIpc) is 2.40. The highest BCUT2D eigenvalue weighted by atomic mass is 19.1. The molecule has 0 spiro atoms. The summed E-state index contributed by atoms with van der Waals surface area (Å²) in [4.78, 5) is 21.8. The molecule has 0 saturated heterocycles. The normalized spacial score (nSPS) is 12.2. The van der Waals surface area contributed by atoms with Crippen LogP contribution in [-0.4, -0.2) is 29.6 Å². The van der Waals surface area contributed by atoms with Crippen LogP contribution < -0.4 is 10.1 Å². The molecular formula is C14H15F2NO4. The Morgan fingerprint density at radius 1 is 1.38 bits per heavy atom. The van der Waals surface area contributed by atoms with E-state index in [4.69, 9.17) is 9.84 Å². The molecule has 1 aromatic rings. The zero-order chi connectivity index (χ0) is 16.0. The number of carboxylic acids is 1. The number of carbonyl (C=O) groups is 2. The zero-order valence-corrected chi connectivity index (χ0v) is 11.5. The molecule has 1 amide bonds. The van der Waals surface area contributed by atoms with E-state index in [-0.39, 0.29) is 5.56 Å². The Kier molecular flexibility index (Phi) is 5.83. The van der Waals surface area contributed by atoms with Crippen LogP contribution in [0.1, 0.15) is 19.4 Å². The molecule has 0 aliphatic rings. The summed E-state index contributed by atoms with van der Waals surface area (Å²) >= 11 is 0. The maximum atomic E-state index is 13.8. The highest BCUT2D eigenvalue weighted by molar-refractivity contribution is 5.85. The van der Waals surface area contributed by atoms with Crippen LogP contribution in [0.5, 0.6) is 5.75 Å². The summed E-state index contributed by atoms with van der Waals surface area (Å²) in [6, 6.07) is 1.84. The number of carbonyl (C=O) groups excluding carboxylic acids is 1. The van der Waals surface area contributed by atoms with Gasteiger partial charge in [-0.15, -0.1) is 0 Å². The Hall–Kier alpha value is -2.44. The number of halogens is 2. The van der Waals surface area contributed by atoms with E-state index in [0.717, 1.165) is 24.3 Å². The fourth-order valence-corrected chi connectivity index (χ4v) is 1.50. The van der Waals surface area contributed by atoms with E-state index >= 15 is 0 Å². The van der Waals surface area contributed by atoms with Gasteiger partial charge in [0.2, 0.25) is 0 Å². The maximum absolute atomic E-state index is 13.8. The first-order valence-corrected chi connectivity index (χ1v) is 6.19. The van der Waals surface area contributed by atoms with Crippen molar-refractivity contribution in [3.8, 4) is 5.75 Å². The van der Waals surface area contributed by atoms with E-state index in [9.17, 15) is 18.4 Å². The molecule has 0 saturated carbocycles. The molecule has 0 bridgehead atoms. The smallest absolute Gasteiger partial charge is 0.328 e. The number of hydrogen-bond donors (Lipinski definition) is 2. The fourth-order valence-electron chi connectivity index (χ4n) is 1.50. The summed E-state index contributed by atoms with van der Waals surface area (Å²) in [7, 11) is 0. The molecule has 0 radical (unpaired) electrons. The van der Waals surface area contributed by atoms with Gasteiger partial charge in [-0.3, -0.25) is 4.79 Å². The predicted molar refractivity (Wildman–Crippen MR) is 71.8 cm³/mol. The van der Waals surface area contributed by atoms with Gasteiger partial charge >= 0.3 is 5.97 Å². The molecule has 0 fully saturated rings. The molecule has 21 heavy (non-hydrogen) atoms. The minimum atomic E-state index is -1.24. The second kappa shape index (κ2) is 7.37. The van der Waals surface area contributed by atoms with Crippen molar-refractivity contribution in [1.82, 2.24) is 5.32 Å². The average molecular weight is 299 g/mol. The minimum absolute atomic E-state index is 0.0328. The van der Waals surface area contributed by atoms with Crippen molar-refractivity contribution in [3.63, 3.8) is 0 Å². The molecule has 0 aliphatic carbocycles. The van der Waals surface area contributed by atoms with Crippen molar-refractivity contribution in [1.29, 1.82) is 0 Å². The van der Waals surface area contributed by atoms with Gasteiger partial charge < -0.3 is 15.2 Å². The van der Waals surface area contributed by atoms with Crippen LogP contribution in [-0.2, 0) is 9.59 Å². The molecule has 7 heteroatoms. The topological polar surface area (TPSA) is 75.6 Å².